The largest absolute Gasteiger partial charge is 0.508 e. The number of phenols is 1. The van der Waals surface area contributed by atoms with E-state index in [4.69, 9.17) is 16.7 Å². The third-order valence-corrected chi connectivity index (χ3v) is 5.88. The minimum Gasteiger partial charge on any atom is -0.508 e. The van der Waals surface area contributed by atoms with Gasteiger partial charge in [-0.1, -0.05) is 49.7 Å². The molecule has 4 aromatic rings. The Morgan fingerprint density at radius 3 is 2.10 bits per heavy atom. The Labute approximate surface area is 187 Å². The van der Waals surface area contributed by atoms with Gasteiger partial charge >= 0.3 is 0 Å². The summed E-state index contributed by atoms with van der Waals surface area (Å²) in [4.78, 5) is 0.245. The summed E-state index contributed by atoms with van der Waals surface area (Å²) in [7, 11) is -3.28. The molecule has 0 unspecified atom stereocenters. The quantitative estimate of drug-likeness (QED) is 0.410. The van der Waals surface area contributed by atoms with Crippen molar-refractivity contribution in [3.8, 4) is 34.0 Å². The molecule has 160 valence electrons. The second-order valence-electron chi connectivity index (χ2n) is 6.65. The number of nitrogens with zero attached hydrogens (tertiary/aromatic N) is 2. The molecule has 0 atom stereocenters. The number of hydrogen-bond acceptors (Lipinski definition) is 4. The van der Waals surface area contributed by atoms with E-state index in [1.165, 1.54) is 6.26 Å². The highest BCUT2D eigenvalue weighted by molar-refractivity contribution is 7.90. The maximum Gasteiger partial charge on any atom is 0.175 e. The summed E-state index contributed by atoms with van der Waals surface area (Å²) in [6, 6.07) is 22.7. The zero-order valence-corrected chi connectivity index (χ0v) is 19.0. The number of rotatable bonds is 4. The van der Waals surface area contributed by atoms with E-state index in [9.17, 15) is 13.5 Å². The number of phenolic OH excluding ortho intramolecular Hbond substituents is 1. The fraction of sp³-hybridized carbons (Fsp3) is 0.125. The van der Waals surface area contributed by atoms with Crippen LogP contribution in [0.25, 0.3) is 28.2 Å². The van der Waals surface area contributed by atoms with Crippen LogP contribution in [0, 0.1) is 0 Å². The van der Waals surface area contributed by atoms with Crippen LogP contribution in [0.2, 0.25) is 5.02 Å². The van der Waals surface area contributed by atoms with Crippen LogP contribution in [0.1, 0.15) is 13.8 Å². The molecule has 0 aliphatic heterocycles. The molecule has 5 nitrogen and oxygen atoms in total. The fourth-order valence-corrected chi connectivity index (χ4v) is 3.80. The number of benzene rings is 3. The van der Waals surface area contributed by atoms with Crippen LogP contribution >= 0.6 is 11.6 Å². The van der Waals surface area contributed by atoms with Crippen molar-refractivity contribution in [3.63, 3.8) is 0 Å². The Morgan fingerprint density at radius 1 is 0.871 bits per heavy atom. The van der Waals surface area contributed by atoms with Crippen LogP contribution < -0.4 is 0 Å². The van der Waals surface area contributed by atoms with Gasteiger partial charge in [0, 0.05) is 22.4 Å². The topological polar surface area (TPSA) is 72.2 Å². The van der Waals surface area contributed by atoms with Crippen molar-refractivity contribution in [2.75, 3.05) is 6.26 Å². The fourth-order valence-electron chi connectivity index (χ4n) is 3.05. The zero-order chi connectivity index (χ0) is 22.6. The van der Waals surface area contributed by atoms with Gasteiger partial charge in [-0.15, -0.1) is 0 Å². The summed E-state index contributed by atoms with van der Waals surface area (Å²) in [5.74, 6) is 0.155. The minimum absolute atomic E-state index is 0.155. The molecule has 0 amide bonds. The standard InChI is InChI=1S/C22H17ClN2O3S.C2H6/c1-29(27,28)20-11-9-18(10-12-20)25-22(15-5-7-17(23)8-6-15)14-21(24-25)16-3-2-4-19(26)13-16;1-2/h2-14,26H,1H3;1-2H3. The normalized spacial score (nSPS) is 11.0. The molecule has 0 saturated heterocycles. The number of hydrogen-bond donors (Lipinski definition) is 1. The highest BCUT2D eigenvalue weighted by Gasteiger charge is 2.15. The number of halogens is 1. The molecule has 3 aromatic carbocycles. The average molecular weight is 455 g/mol. The van der Waals surface area contributed by atoms with E-state index in [1.54, 1.807) is 59.3 Å². The van der Waals surface area contributed by atoms with E-state index in [0.29, 0.717) is 16.4 Å². The minimum atomic E-state index is -3.28. The second-order valence-corrected chi connectivity index (χ2v) is 9.10. The monoisotopic (exact) mass is 454 g/mol. The number of sulfone groups is 1. The Morgan fingerprint density at radius 2 is 1.52 bits per heavy atom. The van der Waals surface area contributed by atoms with Gasteiger partial charge in [0.15, 0.2) is 9.84 Å². The van der Waals surface area contributed by atoms with Gasteiger partial charge in [0.1, 0.15) is 5.75 Å². The average Bonchev–Trinajstić information content (AvgIpc) is 3.21. The highest BCUT2D eigenvalue weighted by atomic mass is 35.5. The summed E-state index contributed by atoms with van der Waals surface area (Å²) in [5.41, 5.74) is 3.88. The van der Waals surface area contributed by atoms with Crippen LogP contribution in [0.4, 0.5) is 0 Å². The van der Waals surface area contributed by atoms with Crippen molar-refractivity contribution < 1.29 is 13.5 Å². The molecule has 0 saturated carbocycles. The molecule has 4 rings (SSSR count). The molecule has 0 radical (unpaired) electrons. The molecule has 7 heteroatoms. The lowest BCUT2D eigenvalue weighted by Gasteiger charge is -2.08. The molecule has 0 bridgehead atoms. The van der Waals surface area contributed by atoms with Gasteiger partial charge in [0.2, 0.25) is 0 Å². The van der Waals surface area contributed by atoms with E-state index in [-0.39, 0.29) is 10.6 Å². The van der Waals surface area contributed by atoms with Crippen LogP contribution in [0.5, 0.6) is 5.75 Å². The van der Waals surface area contributed by atoms with Crippen molar-refractivity contribution in [1.29, 1.82) is 0 Å². The maximum atomic E-state index is 11.8. The van der Waals surface area contributed by atoms with Crippen molar-refractivity contribution in [2.24, 2.45) is 0 Å². The van der Waals surface area contributed by atoms with E-state index >= 15 is 0 Å². The van der Waals surface area contributed by atoms with Gasteiger partial charge in [-0.05, 0) is 54.6 Å². The van der Waals surface area contributed by atoms with Gasteiger partial charge < -0.3 is 5.11 Å². The van der Waals surface area contributed by atoms with Crippen molar-refractivity contribution >= 4 is 21.4 Å². The lowest BCUT2D eigenvalue weighted by atomic mass is 10.1. The SMILES string of the molecule is CC.CS(=O)(=O)c1ccc(-n2nc(-c3cccc(O)c3)cc2-c2ccc(Cl)cc2)cc1. The van der Waals surface area contributed by atoms with Crippen LogP contribution in [0.3, 0.4) is 0 Å². The summed E-state index contributed by atoms with van der Waals surface area (Å²) < 4.78 is 25.3. The third-order valence-electron chi connectivity index (χ3n) is 4.50. The summed E-state index contributed by atoms with van der Waals surface area (Å²) in [6.45, 7) is 4.00. The predicted molar refractivity (Wildman–Crippen MR) is 126 cm³/mol. The van der Waals surface area contributed by atoms with Crippen molar-refractivity contribution in [2.45, 2.75) is 18.7 Å². The molecular weight excluding hydrogens is 432 g/mol. The summed E-state index contributed by atoms with van der Waals surface area (Å²) >= 11 is 6.03. The van der Waals surface area contributed by atoms with E-state index in [2.05, 4.69) is 0 Å². The van der Waals surface area contributed by atoms with E-state index < -0.39 is 9.84 Å². The van der Waals surface area contributed by atoms with Crippen LogP contribution in [-0.2, 0) is 9.84 Å². The molecule has 1 heterocycles. The molecule has 0 spiro atoms. The molecule has 31 heavy (non-hydrogen) atoms. The Balaban J connectivity index is 0.00000132. The van der Waals surface area contributed by atoms with E-state index in [1.807, 2.05) is 38.1 Å². The molecule has 0 aliphatic rings. The molecular formula is C24H23ClN2O3S. The van der Waals surface area contributed by atoms with Crippen LogP contribution in [-0.4, -0.2) is 29.6 Å². The first kappa shape index (κ1) is 22.6. The second kappa shape index (κ2) is 9.37. The first-order chi connectivity index (χ1) is 14.8. The van der Waals surface area contributed by atoms with Gasteiger partial charge in [-0.3, -0.25) is 0 Å². The predicted octanol–water partition coefficient (Wildman–Crippen LogP) is 6.00. The maximum absolute atomic E-state index is 11.8. The lowest BCUT2D eigenvalue weighted by molar-refractivity contribution is 0.475. The Bertz CT molecular complexity index is 1280. The molecule has 0 fully saturated rings. The number of aromatic hydroxyl groups is 1. The van der Waals surface area contributed by atoms with Gasteiger partial charge in [-0.2, -0.15) is 5.10 Å². The van der Waals surface area contributed by atoms with Crippen LogP contribution in [0.15, 0.2) is 83.8 Å². The summed E-state index contributed by atoms with van der Waals surface area (Å²) in [5, 5.41) is 15.2. The lowest BCUT2D eigenvalue weighted by Crippen LogP contribution is -2.01. The smallest absolute Gasteiger partial charge is 0.175 e. The van der Waals surface area contributed by atoms with Gasteiger partial charge in [0.25, 0.3) is 0 Å². The summed E-state index contributed by atoms with van der Waals surface area (Å²) in [6.07, 6.45) is 1.18. The van der Waals surface area contributed by atoms with Gasteiger partial charge in [0.05, 0.1) is 22.0 Å². The van der Waals surface area contributed by atoms with Gasteiger partial charge in [-0.25, -0.2) is 13.1 Å². The molecule has 0 aliphatic carbocycles. The zero-order valence-electron chi connectivity index (χ0n) is 17.4. The third kappa shape index (κ3) is 5.16. The molecule has 1 aromatic heterocycles. The van der Waals surface area contributed by atoms with Crippen molar-refractivity contribution in [3.05, 3.63) is 83.9 Å². The first-order valence-corrected chi connectivity index (χ1v) is 12.0. The highest BCUT2D eigenvalue weighted by Crippen LogP contribution is 2.31. The van der Waals surface area contributed by atoms with E-state index in [0.717, 1.165) is 16.8 Å². The Hall–Kier alpha value is -3.09. The number of aromatic nitrogens is 2. The first-order valence-electron chi connectivity index (χ1n) is 9.77. The Kier molecular flexibility index (Phi) is 6.83. The van der Waals surface area contributed by atoms with Crippen molar-refractivity contribution in [1.82, 2.24) is 9.78 Å². The molecule has 1 N–H and O–H groups in total.